The highest BCUT2D eigenvalue weighted by Crippen LogP contribution is 2.11. The average Bonchev–Trinajstić information content (AvgIpc) is 2.04. The maximum atomic E-state index is 10.7. The van der Waals surface area contributed by atoms with E-state index in [2.05, 4.69) is 4.79 Å². The van der Waals surface area contributed by atoms with Crippen LogP contribution in [0.2, 0.25) is 0 Å². The predicted molar refractivity (Wildman–Crippen MR) is 45.0 cm³/mol. The second-order valence-electron chi connectivity index (χ2n) is 2.26. The van der Waals surface area contributed by atoms with Crippen molar-refractivity contribution in [3.63, 3.8) is 0 Å². The Balaban J connectivity index is 3.45. The number of hydrogen-bond donors (Lipinski definition) is 1. The highest BCUT2D eigenvalue weighted by molar-refractivity contribution is 7.86. The second kappa shape index (κ2) is 3.49. The van der Waals surface area contributed by atoms with E-state index in [1.54, 1.807) is 6.07 Å². The van der Waals surface area contributed by atoms with Gasteiger partial charge in [0.15, 0.2) is 0 Å². The molecule has 1 aromatic rings. The fourth-order valence-corrected chi connectivity index (χ4v) is 1.55. The van der Waals surface area contributed by atoms with Crippen LogP contribution in [0.15, 0.2) is 29.2 Å². The van der Waals surface area contributed by atoms with Gasteiger partial charge in [-0.05, 0) is 12.1 Å². The molecule has 0 heterocycles. The van der Waals surface area contributed by atoms with Gasteiger partial charge >= 0.3 is 0 Å². The zero-order valence-electron chi connectivity index (χ0n) is 6.45. The summed E-state index contributed by atoms with van der Waals surface area (Å²) in [6, 6.07) is 5.64. The number of nitrogens with zero attached hydrogens (tertiary/aromatic N) is 2. The first-order chi connectivity index (χ1) is 6.05. The maximum Gasteiger partial charge on any atom is 0.295 e. The van der Waals surface area contributed by atoms with Crippen LogP contribution in [0.1, 0.15) is 5.56 Å². The molecule has 0 aromatic heterocycles. The molecular weight excluding hydrogens is 192 g/mol. The molecule has 0 radical (unpaired) electrons. The Labute approximate surface area is 75.0 Å². The summed E-state index contributed by atoms with van der Waals surface area (Å²) in [7, 11) is -4.26. The molecule has 1 aromatic carbocycles. The molecule has 5 nitrogen and oxygen atoms in total. The van der Waals surface area contributed by atoms with Crippen molar-refractivity contribution in [1.29, 1.82) is 0 Å². The lowest BCUT2D eigenvalue weighted by Gasteiger charge is -1.96. The van der Waals surface area contributed by atoms with Crippen molar-refractivity contribution in [1.82, 2.24) is 0 Å². The standard InChI is InChI=1S/C7H6N2O3S/c8-9-5-6-3-1-2-4-7(6)13(10,11)12/h1-5H,(H,10,11,12). The van der Waals surface area contributed by atoms with E-state index in [-0.39, 0.29) is 10.5 Å². The van der Waals surface area contributed by atoms with Crippen LogP contribution in [0.25, 0.3) is 5.53 Å². The minimum atomic E-state index is -4.26. The molecule has 0 bridgehead atoms. The van der Waals surface area contributed by atoms with E-state index >= 15 is 0 Å². The number of hydrogen-bond acceptors (Lipinski definition) is 2. The second-order valence-corrected chi connectivity index (χ2v) is 3.65. The third-order valence-electron chi connectivity index (χ3n) is 1.39. The Morgan fingerprint density at radius 2 is 2.00 bits per heavy atom. The molecule has 0 unspecified atom stereocenters. The van der Waals surface area contributed by atoms with Gasteiger partial charge in [-0.3, -0.25) is 4.55 Å². The highest BCUT2D eigenvalue weighted by atomic mass is 32.2. The predicted octanol–water partition coefficient (Wildman–Crippen LogP) is 0.582. The maximum absolute atomic E-state index is 10.7. The van der Waals surface area contributed by atoms with E-state index in [1.165, 1.54) is 18.2 Å². The molecule has 0 aliphatic rings. The molecule has 0 saturated carbocycles. The summed E-state index contributed by atoms with van der Waals surface area (Å²) in [4.78, 5) is 2.40. The van der Waals surface area contributed by atoms with E-state index in [9.17, 15) is 8.42 Å². The van der Waals surface area contributed by atoms with Crippen LogP contribution in [0.3, 0.4) is 0 Å². The van der Waals surface area contributed by atoms with Crippen LogP contribution in [0.4, 0.5) is 0 Å². The molecule has 68 valence electrons. The monoisotopic (exact) mass is 198 g/mol. The zero-order valence-corrected chi connectivity index (χ0v) is 7.27. The largest absolute Gasteiger partial charge is 0.361 e. The van der Waals surface area contributed by atoms with Gasteiger partial charge in [-0.25, -0.2) is 0 Å². The van der Waals surface area contributed by atoms with Crippen LogP contribution in [0, 0.1) is 0 Å². The molecule has 6 heteroatoms. The van der Waals surface area contributed by atoms with Crippen molar-refractivity contribution in [3.8, 4) is 0 Å². The summed E-state index contributed by atoms with van der Waals surface area (Å²) in [5.74, 6) is 0. The van der Waals surface area contributed by atoms with Crippen molar-refractivity contribution in [3.05, 3.63) is 35.4 Å². The Bertz CT molecular complexity index is 460. The summed E-state index contributed by atoms with van der Waals surface area (Å²) in [5.41, 5.74) is 8.33. The molecule has 0 saturated heterocycles. The molecule has 0 atom stereocenters. The van der Waals surface area contributed by atoms with Crippen molar-refractivity contribution >= 4 is 16.3 Å². The fourth-order valence-electron chi connectivity index (χ4n) is 0.884. The van der Waals surface area contributed by atoms with Gasteiger partial charge in [0.25, 0.3) is 16.3 Å². The van der Waals surface area contributed by atoms with Crippen molar-refractivity contribution < 1.29 is 17.8 Å². The van der Waals surface area contributed by atoms with E-state index in [1.807, 2.05) is 0 Å². The topological polar surface area (TPSA) is 90.8 Å². The molecule has 13 heavy (non-hydrogen) atoms. The van der Waals surface area contributed by atoms with Crippen LogP contribution in [-0.2, 0) is 10.1 Å². The van der Waals surface area contributed by atoms with Gasteiger partial charge in [-0.15, -0.1) is 0 Å². The van der Waals surface area contributed by atoms with Crippen LogP contribution in [0.5, 0.6) is 0 Å². The van der Waals surface area contributed by atoms with Crippen LogP contribution in [-0.4, -0.2) is 24.0 Å². The first-order valence-corrected chi connectivity index (χ1v) is 4.73. The summed E-state index contributed by atoms with van der Waals surface area (Å²) in [6.45, 7) is 0. The quantitative estimate of drug-likeness (QED) is 0.326. The lowest BCUT2D eigenvalue weighted by molar-refractivity contribution is 0.00435. The molecule has 1 rings (SSSR count). The molecule has 0 aliphatic carbocycles. The summed E-state index contributed by atoms with van der Waals surface area (Å²) >= 11 is 0. The van der Waals surface area contributed by atoms with Crippen LogP contribution < -0.4 is 0 Å². The van der Waals surface area contributed by atoms with Gasteiger partial charge < -0.3 is 5.53 Å². The lowest BCUT2D eigenvalue weighted by Crippen LogP contribution is -2.02. The van der Waals surface area contributed by atoms with Gasteiger partial charge in [-0.2, -0.15) is 13.2 Å². The molecule has 0 aliphatic heterocycles. The van der Waals surface area contributed by atoms with Crippen molar-refractivity contribution in [2.75, 3.05) is 0 Å². The third-order valence-corrected chi connectivity index (χ3v) is 2.32. The Morgan fingerprint density at radius 3 is 2.54 bits per heavy atom. The van der Waals surface area contributed by atoms with E-state index in [0.717, 1.165) is 6.21 Å². The van der Waals surface area contributed by atoms with Crippen molar-refractivity contribution in [2.45, 2.75) is 4.90 Å². The van der Waals surface area contributed by atoms with Crippen LogP contribution >= 0.6 is 0 Å². The molecule has 0 fully saturated rings. The lowest BCUT2D eigenvalue weighted by atomic mass is 10.2. The minimum Gasteiger partial charge on any atom is -0.361 e. The van der Waals surface area contributed by atoms with E-state index in [0.29, 0.717) is 0 Å². The highest BCUT2D eigenvalue weighted by Gasteiger charge is 2.14. The van der Waals surface area contributed by atoms with Gasteiger partial charge in [-0.1, -0.05) is 12.1 Å². The first-order valence-electron chi connectivity index (χ1n) is 3.29. The average molecular weight is 198 g/mol. The normalized spacial score (nSPS) is 10.5. The van der Waals surface area contributed by atoms with Gasteiger partial charge in [0, 0.05) is 0 Å². The van der Waals surface area contributed by atoms with E-state index in [4.69, 9.17) is 10.1 Å². The van der Waals surface area contributed by atoms with Gasteiger partial charge in [0.05, 0.1) is 5.56 Å². The summed E-state index contributed by atoms with van der Waals surface area (Å²) in [5, 5.41) is 0. The molecule has 0 spiro atoms. The smallest absolute Gasteiger partial charge is 0.295 e. The Morgan fingerprint density at radius 1 is 1.38 bits per heavy atom. The Kier molecular flexibility index (Phi) is 2.57. The summed E-state index contributed by atoms with van der Waals surface area (Å²) < 4.78 is 30.2. The SMILES string of the molecule is [N-]=[N+]=Cc1ccccc1S(=O)(=O)O. The fraction of sp³-hybridized carbons (Fsp3) is 0. The first kappa shape index (κ1) is 9.60. The van der Waals surface area contributed by atoms with Gasteiger partial charge in [0.1, 0.15) is 4.90 Å². The Hall–Kier alpha value is -1.49. The number of benzene rings is 1. The molecule has 0 amide bonds. The molecule has 1 N–H and O–H groups in total. The van der Waals surface area contributed by atoms with E-state index < -0.39 is 10.1 Å². The zero-order chi connectivity index (χ0) is 9.90. The molecular formula is C7H6N2O3S. The summed E-state index contributed by atoms with van der Waals surface area (Å²) in [6.07, 6.45) is 0.934. The van der Waals surface area contributed by atoms with Crippen molar-refractivity contribution in [2.24, 2.45) is 0 Å². The van der Waals surface area contributed by atoms with Gasteiger partial charge in [0.2, 0.25) is 0 Å². The number of rotatable bonds is 2. The minimum absolute atomic E-state index is 0.132. The third kappa shape index (κ3) is 2.22.